The van der Waals surface area contributed by atoms with Crippen LogP contribution in [0.3, 0.4) is 0 Å². The standard InChI is InChI=1S/C9H12.C6H14.3C2H6/c1-3-9-6-4-5-8(2)7-9;1-4-5-6(2)3;3*1-2/h4-7H,3H2,1-2H3;6H,4-5H2,1-3H3;3*1-2H3. The highest BCUT2D eigenvalue weighted by Gasteiger charge is 1.86. The van der Waals surface area contributed by atoms with Gasteiger partial charge in [0.1, 0.15) is 0 Å². The summed E-state index contributed by atoms with van der Waals surface area (Å²) in [5.74, 6) is 0.898. The first kappa shape index (κ1) is 28.4. The minimum absolute atomic E-state index is 0.898. The molecule has 128 valence electrons. The Labute approximate surface area is 137 Å². The van der Waals surface area contributed by atoms with Gasteiger partial charge in [0.15, 0.2) is 0 Å². The Bertz CT molecular complexity index is 248. The Morgan fingerprint density at radius 2 is 1.33 bits per heavy atom. The summed E-state index contributed by atoms with van der Waals surface area (Å²) in [4.78, 5) is 0. The minimum atomic E-state index is 0.898. The summed E-state index contributed by atoms with van der Waals surface area (Å²) < 4.78 is 0. The fourth-order valence-corrected chi connectivity index (χ4v) is 1.51. The third kappa shape index (κ3) is 28.2. The van der Waals surface area contributed by atoms with Gasteiger partial charge in [-0.15, -0.1) is 0 Å². The smallest absolute Gasteiger partial charge is 0.0307 e. The highest BCUT2D eigenvalue weighted by atomic mass is 13.9. The number of rotatable bonds is 3. The highest BCUT2D eigenvalue weighted by molar-refractivity contribution is 5.21. The highest BCUT2D eigenvalue weighted by Crippen LogP contribution is 2.03. The van der Waals surface area contributed by atoms with Crippen LogP contribution in [0.25, 0.3) is 0 Å². The van der Waals surface area contributed by atoms with Crippen molar-refractivity contribution in [3.63, 3.8) is 0 Å². The van der Waals surface area contributed by atoms with Crippen LogP contribution in [0, 0.1) is 12.8 Å². The molecule has 0 spiro atoms. The molecule has 0 aromatic heterocycles. The maximum atomic E-state index is 2.25. The molecule has 0 heterocycles. The molecule has 0 atom stereocenters. The largest absolute Gasteiger partial charge is 0.0683 e. The molecule has 0 unspecified atom stereocenters. The van der Waals surface area contributed by atoms with Crippen molar-refractivity contribution in [2.24, 2.45) is 5.92 Å². The zero-order valence-electron chi connectivity index (χ0n) is 17.0. The Morgan fingerprint density at radius 1 is 0.857 bits per heavy atom. The number of aryl methyl sites for hydroxylation is 2. The zero-order valence-corrected chi connectivity index (χ0v) is 17.0. The lowest BCUT2D eigenvalue weighted by Crippen LogP contribution is -1.81. The molecule has 0 radical (unpaired) electrons. The van der Waals surface area contributed by atoms with E-state index in [9.17, 15) is 0 Å². The molecule has 0 aliphatic carbocycles. The summed E-state index contributed by atoms with van der Waals surface area (Å²) in [7, 11) is 0. The van der Waals surface area contributed by atoms with Crippen LogP contribution in [0.4, 0.5) is 0 Å². The molecule has 0 nitrogen and oxygen atoms in total. The van der Waals surface area contributed by atoms with Gasteiger partial charge in [-0.05, 0) is 24.8 Å². The van der Waals surface area contributed by atoms with Gasteiger partial charge in [0.25, 0.3) is 0 Å². The SMILES string of the molecule is CC.CC.CC.CCCC(C)C.CCc1cccc(C)c1. The van der Waals surface area contributed by atoms with Gasteiger partial charge in [0, 0.05) is 0 Å². The van der Waals surface area contributed by atoms with Gasteiger partial charge in [-0.25, -0.2) is 0 Å². The van der Waals surface area contributed by atoms with Crippen molar-refractivity contribution < 1.29 is 0 Å². The molecule has 0 bridgehead atoms. The molecule has 0 saturated heterocycles. The average Bonchev–Trinajstić information content (AvgIpc) is 2.53. The molecule has 21 heavy (non-hydrogen) atoms. The van der Waals surface area contributed by atoms with Crippen LogP contribution < -0.4 is 0 Å². The van der Waals surface area contributed by atoms with Crippen molar-refractivity contribution in [1.82, 2.24) is 0 Å². The van der Waals surface area contributed by atoms with Gasteiger partial charge < -0.3 is 0 Å². The van der Waals surface area contributed by atoms with Crippen LogP contribution in [0.1, 0.15) is 93.2 Å². The van der Waals surface area contributed by atoms with Gasteiger partial charge in [-0.1, -0.05) is 112 Å². The summed E-state index contributed by atoms with van der Waals surface area (Å²) in [5, 5.41) is 0. The average molecular weight is 297 g/mol. The van der Waals surface area contributed by atoms with Gasteiger partial charge in [0.05, 0.1) is 0 Å². The fraction of sp³-hybridized carbons (Fsp3) is 0.714. The zero-order chi connectivity index (χ0) is 17.7. The Balaban J connectivity index is -0.000000106. The van der Waals surface area contributed by atoms with Gasteiger partial charge >= 0.3 is 0 Å². The van der Waals surface area contributed by atoms with Crippen molar-refractivity contribution in [2.75, 3.05) is 0 Å². The van der Waals surface area contributed by atoms with E-state index in [0.29, 0.717) is 0 Å². The van der Waals surface area contributed by atoms with E-state index in [4.69, 9.17) is 0 Å². The Hall–Kier alpha value is -0.780. The summed E-state index contributed by atoms with van der Waals surface area (Å²) >= 11 is 0. The topological polar surface area (TPSA) is 0 Å². The lowest BCUT2D eigenvalue weighted by atomic mass is 10.1. The Morgan fingerprint density at radius 3 is 1.52 bits per heavy atom. The normalized spacial score (nSPS) is 7.81. The molecule has 0 N–H and O–H groups in total. The van der Waals surface area contributed by atoms with Gasteiger partial charge in [0.2, 0.25) is 0 Å². The van der Waals surface area contributed by atoms with Crippen LogP contribution in [0.15, 0.2) is 24.3 Å². The molecule has 0 amide bonds. The van der Waals surface area contributed by atoms with Crippen LogP contribution in [-0.2, 0) is 6.42 Å². The summed E-state index contributed by atoms with van der Waals surface area (Å²) in [6, 6.07) is 8.61. The van der Waals surface area contributed by atoms with E-state index in [-0.39, 0.29) is 0 Å². The first-order valence-corrected chi connectivity index (χ1v) is 9.15. The molecular formula is C21H44. The van der Waals surface area contributed by atoms with E-state index in [1.54, 1.807) is 0 Å². The number of hydrogen-bond acceptors (Lipinski definition) is 0. The Kier molecular flexibility index (Phi) is 37.2. The number of benzene rings is 1. The quantitative estimate of drug-likeness (QED) is 0.529. The maximum Gasteiger partial charge on any atom is -0.0307 e. The van der Waals surface area contributed by atoms with E-state index in [0.717, 1.165) is 12.3 Å². The van der Waals surface area contributed by atoms with Crippen LogP contribution >= 0.6 is 0 Å². The molecule has 0 heteroatoms. The van der Waals surface area contributed by atoms with Crippen molar-refractivity contribution in [3.05, 3.63) is 35.4 Å². The second-order valence-corrected chi connectivity index (χ2v) is 4.53. The molecule has 0 fully saturated rings. The molecule has 1 aromatic carbocycles. The van der Waals surface area contributed by atoms with Crippen LogP contribution in [0.5, 0.6) is 0 Å². The van der Waals surface area contributed by atoms with E-state index >= 15 is 0 Å². The molecule has 0 saturated carbocycles. The monoisotopic (exact) mass is 296 g/mol. The van der Waals surface area contributed by atoms with E-state index in [1.165, 1.54) is 24.0 Å². The third-order valence-electron chi connectivity index (χ3n) is 2.36. The summed E-state index contributed by atoms with van der Waals surface area (Å²) in [6.07, 6.45) is 3.85. The first-order valence-electron chi connectivity index (χ1n) is 9.15. The molecule has 0 aliphatic heterocycles. The lowest BCUT2D eigenvalue weighted by molar-refractivity contribution is 0.576. The van der Waals surface area contributed by atoms with Crippen LogP contribution in [0.2, 0.25) is 0 Å². The van der Waals surface area contributed by atoms with Crippen molar-refractivity contribution in [3.8, 4) is 0 Å². The van der Waals surface area contributed by atoms with Crippen molar-refractivity contribution in [2.45, 2.75) is 95.4 Å². The fourth-order valence-electron chi connectivity index (χ4n) is 1.51. The third-order valence-corrected chi connectivity index (χ3v) is 2.36. The molecule has 0 aliphatic rings. The molecular weight excluding hydrogens is 252 g/mol. The summed E-state index contributed by atoms with van der Waals surface area (Å²) in [6.45, 7) is 23.0. The van der Waals surface area contributed by atoms with E-state index in [2.05, 4.69) is 58.9 Å². The number of hydrogen-bond donors (Lipinski definition) is 0. The van der Waals surface area contributed by atoms with Crippen LogP contribution in [-0.4, -0.2) is 0 Å². The first-order chi connectivity index (χ1) is 10.1. The van der Waals surface area contributed by atoms with Crippen molar-refractivity contribution in [1.29, 1.82) is 0 Å². The lowest BCUT2D eigenvalue weighted by Gasteiger charge is -1.95. The predicted molar refractivity (Wildman–Crippen MR) is 104 cm³/mol. The van der Waals surface area contributed by atoms with E-state index < -0.39 is 0 Å². The molecule has 1 rings (SSSR count). The minimum Gasteiger partial charge on any atom is -0.0683 e. The second-order valence-electron chi connectivity index (χ2n) is 4.53. The van der Waals surface area contributed by atoms with Crippen molar-refractivity contribution >= 4 is 0 Å². The second kappa shape index (κ2) is 27.5. The maximum absolute atomic E-state index is 2.25. The predicted octanol–water partition coefficient (Wildman–Crippen LogP) is 8.08. The van der Waals surface area contributed by atoms with E-state index in [1.807, 2.05) is 41.5 Å². The molecule has 1 aromatic rings. The van der Waals surface area contributed by atoms with Gasteiger partial charge in [-0.2, -0.15) is 0 Å². The van der Waals surface area contributed by atoms with Gasteiger partial charge in [-0.3, -0.25) is 0 Å². The summed E-state index contributed by atoms with van der Waals surface area (Å²) in [5.41, 5.74) is 2.78.